The molecule has 8 heteroatoms. The highest BCUT2D eigenvalue weighted by atomic mass is 35.5. The molecule has 1 amide bonds. The van der Waals surface area contributed by atoms with Crippen LogP contribution in [0.2, 0.25) is 10.0 Å². The molecule has 1 heterocycles. The lowest BCUT2D eigenvalue weighted by Crippen LogP contribution is -2.35. The number of hydrogen-bond acceptors (Lipinski definition) is 4. The first kappa shape index (κ1) is 21.3. The van der Waals surface area contributed by atoms with Crippen LogP contribution < -0.4 is 0 Å². The van der Waals surface area contributed by atoms with Gasteiger partial charge in [-0.2, -0.15) is 0 Å². The van der Waals surface area contributed by atoms with E-state index in [9.17, 15) is 19.1 Å². The molecule has 1 aliphatic heterocycles. The highest BCUT2D eigenvalue weighted by molar-refractivity contribution is 6.46. The van der Waals surface area contributed by atoms with Gasteiger partial charge in [-0.1, -0.05) is 29.3 Å². The molecule has 0 radical (unpaired) electrons. The second-order valence-corrected chi connectivity index (χ2v) is 7.79. The zero-order chi connectivity index (χ0) is 21.3. The number of likely N-dealkylation sites (tertiary alicyclic amines) is 1. The van der Waals surface area contributed by atoms with Crippen molar-refractivity contribution in [2.75, 3.05) is 27.2 Å². The molecule has 1 unspecified atom stereocenters. The predicted molar refractivity (Wildman–Crippen MR) is 110 cm³/mol. The Kier molecular flexibility index (Phi) is 6.27. The molecule has 3 rings (SSSR count). The van der Waals surface area contributed by atoms with E-state index in [1.54, 1.807) is 18.2 Å². The van der Waals surface area contributed by atoms with Crippen molar-refractivity contribution in [3.63, 3.8) is 0 Å². The summed E-state index contributed by atoms with van der Waals surface area (Å²) in [5.74, 6) is -2.37. The van der Waals surface area contributed by atoms with Gasteiger partial charge in [0.25, 0.3) is 11.7 Å². The monoisotopic (exact) mass is 436 g/mol. The van der Waals surface area contributed by atoms with Gasteiger partial charge in [-0.15, -0.1) is 0 Å². The molecular weight excluding hydrogens is 418 g/mol. The Hall–Kier alpha value is -2.41. The molecule has 1 saturated heterocycles. The van der Waals surface area contributed by atoms with Crippen LogP contribution in [0.1, 0.15) is 17.2 Å². The van der Waals surface area contributed by atoms with Crippen molar-refractivity contribution < 1.29 is 19.1 Å². The minimum atomic E-state index is -0.838. The van der Waals surface area contributed by atoms with Crippen LogP contribution in [-0.2, 0) is 9.59 Å². The Morgan fingerprint density at radius 1 is 1.10 bits per heavy atom. The molecule has 0 aromatic heterocycles. The first-order valence-electron chi connectivity index (χ1n) is 8.84. The molecule has 29 heavy (non-hydrogen) atoms. The van der Waals surface area contributed by atoms with Gasteiger partial charge in [-0.3, -0.25) is 9.59 Å². The third-order valence-corrected chi connectivity index (χ3v) is 5.44. The molecule has 1 fully saturated rings. The number of Topliss-reactive ketones (excluding diaryl/α,β-unsaturated/α-hetero) is 1. The normalized spacial score (nSPS) is 18.7. The number of ketones is 1. The van der Waals surface area contributed by atoms with Gasteiger partial charge in [-0.05, 0) is 56.1 Å². The number of nitrogens with zero attached hydrogens (tertiary/aromatic N) is 2. The third-order valence-electron chi connectivity index (χ3n) is 4.71. The summed E-state index contributed by atoms with van der Waals surface area (Å²) >= 11 is 12.2. The lowest BCUT2D eigenvalue weighted by atomic mass is 9.95. The second kappa shape index (κ2) is 8.53. The smallest absolute Gasteiger partial charge is 0.295 e. The summed E-state index contributed by atoms with van der Waals surface area (Å²) in [6.45, 7) is 0.782. The lowest BCUT2D eigenvalue weighted by Gasteiger charge is -2.26. The number of aliphatic hydroxyl groups is 1. The largest absolute Gasteiger partial charge is 0.507 e. The summed E-state index contributed by atoms with van der Waals surface area (Å²) in [5.41, 5.74) is 0.710. The topological polar surface area (TPSA) is 60.9 Å². The van der Waals surface area contributed by atoms with Crippen LogP contribution in [0.4, 0.5) is 4.39 Å². The average molecular weight is 437 g/mol. The number of hydrogen-bond donors (Lipinski definition) is 1. The maximum absolute atomic E-state index is 13.3. The number of rotatable bonds is 5. The summed E-state index contributed by atoms with van der Waals surface area (Å²) < 4.78 is 13.3. The van der Waals surface area contributed by atoms with E-state index in [2.05, 4.69) is 0 Å². The minimum Gasteiger partial charge on any atom is -0.507 e. The number of amides is 1. The zero-order valence-corrected chi connectivity index (χ0v) is 17.3. The first-order valence-corrected chi connectivity index (χ1v) is 9.60. The van der Waals surface area contributed by atoms with Gasteiger partial charge in [0.2, 0.25) is 0 Å². The Bertz CT molecular complexity index is 990. The van der Waals surface area contributed by atoms with E-state index >= 15 is 0 Å². The summed E-state index contributed by atoms with van der Waals surface area (Å²) in [6.07, 6.45) is 0. The molecule has 0 bridgehead atoms. The fourth-order valence-electron chi connectivity index (χ4n) is 3.21. The molecule has 1 atom stereocenters. The fourth-order valence-corrected chi connectivity index (χ4v) is 3.52. The molecule has 0 aliphatic carbocycles. The Balaban J connectivity index is 2.16. The standard InChI is InChI=1S/C21H19Cl2FN2O3/c1-25(2)9-10-26-18(13-5-8-15(22)16(23)11-13)17(20(28)21(26)29)19(27)12-3-6-14(24)7-4-12/h3-8,11,18,27H,9-10H2,1-2H3/b19-17+. The predicted octanol–water partition coefficient (Wildman–Crippen LogP) is 4.12. The quantitative estimate of drug-likeness (QED) is 0.435. The molecule has 5 nitrogen and oxygen atoms in total. The van der Waals surface area contributed by atoms with Crippen molar-refractivity contribution >= 4 is 40.7 Å². The van der Waals surface area contributed by atoms with Crippen molar-refractivity contribution in [1.82, 2.24) is 9.80 Å². The van der Waals surface area contributed by atoms with Crippen LogP contribution in [-0.4, -0.2) is 53.8 Å². The highest BCUT2D eigenvalue weighted by Gasteiger charge is 2.46. The van der Waals surface area contributed by atoms with E-state index in [-0.39, 0.29) is 28.5 Å². The molecule has 1 N–H and O–H groups in total. The van der Waals surface area contributed by atoms with Gasteiger partial charge in [0.05, 0.1) is 21.7 Å². The summed E-state index contributed by atoms with van der Waals surface area (Å²) in [6, 6.07) is 9.01. The van der Waals surface area contributed by atoms with E-state index in [1.807, 2.05) is 19.0 Å². The van der Waals surface area contributed by atoms with Crippen LogP contribution in [0, 0.1) is 5.82 Å². The summed E-state index contributed by atoms with van der Waals surface area (Å²) in [4.78, 5) is 28.8. The van der Waals surface area contributed by atoms with Crippen LogP contribution in [0.25, 0.3) is 5.76 Å². The van der Waals surface area contributed by atoms with Crippen molar-refractivity contribution in [2.24, 2.45) is 0 Å². The van der Waals surface area contributed by atoms with Gasteiger partial charge in [-0.25, -0.2) is 4.39 Å². The third kappa shape index (κ3) is 4.29. The van der Waals surface area contributed by atoms with Crippen LogP contribution in [0.3, 0.4) is 0 Å². The number of likely N-dealkylation sites (N-methyl/N-ethyl adjacent to an activating group) is 1. The SMILES string of the molecule is CN(C)CCN1C(=O)C(=O)/C(=C(/O)c2ccc(F)cc2)C1c1ccc(Cl)c(Cl)c1. The second-order valence-electron chi connectivity index (χ2n) is 6.98. The lowest BCUT2D eigenvalue weighted by molar-refractivity contribution is -0.140. The van der Waals surface area contributed by atoms with Crippen molar-refractivity contribution in [1.29, 1.82) is 0 Å². The van der Waals surface area contributed by atoms with Crippen molar-refractivity contribution in [3.05, 3.63) is 75.0 Å². The van der Waals surface area contributed by atoms with E-state index in [1.165, 1.54) is 29.2 Å². The van der Waals surface area contributed by atoms with Gasteiger partial charge in [0, 0.05) is 18.7 Å². The highest BCUT2D eigenvalue weighted by Crippen LogP contribution is 2.40. The Labute approximate surface area is 177 Å². The van der Waals surface area contributed by atoms with Gasteiger partial charge < -0.3 is 14.9 Å². The van der Waals surface area contributed by atoms with E-state index < -0.39 is 23.5 Å². The van der Waals surface area contributed by atoms with Gasteiger partial charge >= 0.3 is 0 Å². The van der Waals surface area contributed by atoms with E-state index in [4.69, 9.17) is 23.2 Å². The Morgan fingerprint density at radius 3 is 2.34 bits per heavy atom. The van der Waals surface area contributed by atoms with Crippen molar-refractivity contribution in [2.45, 2.75) is 6.04 Å². The van der Waals surface area contributed by atoms with Gasteiger partial charge in [0.1, 0.15) is 11.6 Å². The zero-order valence-electron chi connectivity index (χ0n) is 15.8. The fraction of sp³-hybridized carbons (Fsp3) is 0.238. The Morgan fingerprint density at radius 2 is 1.76 bits per heavy atom. The van der Waals surface area contributed by atoms with Crippen molar-refractivity contribution in [3.8, 4) is 0 Å². The number of carbonyl (C=O) groups is 2. The summed E-state index contributed by atoms with van der Waals surface area (Å²) in [7, 11) is 3.70. The van der Waals surface area contributed by atoms with Crippen LogP contribution >= 0.6 is 23.2 Å². The minimum absolute atomic E-state index is 0.0706. The molecule has 0 spiro atoms. The number of aliphatic hydroxyl groups excluding tert-OH is 1. The number of halogens is 3. The van der Waals surface area contributed by atoms with Crippen LogP contribution in [0.5, 0.6) is 0 Å². The van der Waals surface area contributed by atoms with E-state index in [0.717, 1.165) is 0 Å². The number of benzene rings is 2. The maximum Gasteiger partial charge on any atom is 0.295 e. The average Bonchev–Trinajstić information content (AvgIpc) is 2.93. The molecule has 0 saturated carbocycles. The first-order chi connectivity index (χ1) is 13.7. The molecular formula is C21H19Cl2FN2O3. The summed E-state index contributed by atoms with van der Waals surface area (Å²) in [5, 5.41) is 11.4. The molecule has 1 aliphatic rings. The number of carbonyl (C=O) groups excluding carboxylic acids is 2. The van der Waals surface area contributed by atoms with E-state index in [0.29, 0.717) is 17.1 Å². The molecule has 2 aromatic carbocycles. The molecule has 152 valence electrons. The van der Waals surface area contributed by atoms with Crippen LogP contribution in [0.15, 0.2) is 48.0 Å². The maximum atomic E-state index is 13.3. The van der Waals surface area contributed by atoms with Gasteiger partial charge in [0.15, 0.2) is 0 Å². The molecule has 2 aromatic rings.